The fourth-order valence-corrected chi connectivity index (χ4v) is 1.24. The molecular weight excluding hydrogens is 194 g/mol. The van der Waals surface area contributed by atoms with E-state index in [9.17, 15) is 0 Å². The van der Waals surface area contributed by atoms with E-state index in [-0.39, 0.29) is 5.17 Å². The van der Waals surface area contributed by atoms with Crippen LogP contribution in [0.2, 0.25) is 0 Å². The Labute approximate surface area is 73.9 Å². The standard InChI is InChI=1S/C5H5Cl3N2/c1-2-3(6)4(7)10-5(8)9-2/h5,9H,1H3. The molecule has 0 aromatic rings. The Balaban J connectivity index is 2.90. The van der Waals surface area contributed by atoms with Crippen molar-refractivity contribution in [1.82, 2.24) is 5.32 Å². The van der Waals surface area contributed by atoms with Crippen molar-refractivity contribution < 1.29 is 0 Å². The van der Waals surface area contributed by atoms with Gasteiger partial charge in [-0.1, -0.05) is 34.8 Å². The van der Waals surface area contributed by atoms with Gasteiger partial charge in [0.25, 0.3) is 0 Å². The Bertz CT molecular complexity index is 209. The zero-order valence-corrected chi connectivity index (χ0v) is 7.43. The van der Waals surface area contributed by atoms with Gasteiger partial charge in [0.15, 0.2) is 5.62 Å². The second kappa shape index (κ2) is 2.99. The van der Waals surface area contributed by atoms with Crippen molar-refractivity contribution in [1.29, 1.82) is 0 Å². The van der Waals surface area contributed by atoms with Gasteiger partial charge in [0, 0.05) is 5.70 Å². The van der Waals surface area contributed by atoms with Crippen LogP contribution in [0, 0.1) is 0 Å². The van der Waals surface area contributed by atoms with Crippen LogP contribution >= 0.6 is 34.8 Å². The summed E-state index contributed by atoms with van der Waals surface area (Å²) >= 11 is 16.9. The summed E-state index contributed by atoms with van der Waals surface area (Å²) in [6, 6.07) is 0. The van der Waals surface area contributed by atoms with Crippen molar-refractivity contribution >= 4 is 40.0 Å². The number of hydrogen-bond donors (Lipinski definition) is 1. The number of alkyl halides is 1. The molecule has 0 saturated heterocycles. The van der Waals surface area contributed by atoms with Gasteiger partial charge in [-0.25, -0.2) is 4.99 Å². The molecule has 0 aliphatic carbocycles. The molecule has 56 valence electrons. The summed E-state index contributed by atoms with van der Waals surface area (Å²) in [7, 11) is 0. The largest absolute Gasteiger partial charge is 0.354 e. The molecule has 0 aromatic carbocycles. The van der Waals surface area contributed by atoms with Crippen molar-refractivity contribution in [3.05, 3.63) is 10.7 Å². The second-order valence-electron chi connectivity index (χ2n) is 1.84. The normalized spacial score (nSPS) is 26.0. The quantitative estimate of drug-likeness (QED) is 0.469. The fraction of sp³-hybridized carbons (Fsp3) is 0.400. The summed E-state index contributed by atoms with van der Waals surface area (Å²) in [6.07, 6.45) is 0. The van der Waals surface area contributed by atoms with Gasteiger partial charge in [-0.05, 0) is 6.92 Å². The summed E-state index contributed by atoms with van der Waals surface area (Å²) in [5.74, 6) is 0. The molecule has 2 nitrogen and oxygen atoms in total. The monoisotopic (exact) mass is 198 g/mol. The van der Waals surface area contributed by atoms with Crippen molar-refractivity contribution in [2.75, 3.05) is 0 Å². The van der Waals surface area contributed by atoms with Crippen LogP contribution in [0.5, 0.6) is 0 Å². The predicted octanol–water partition coefficient (Wildman–Crippen LogP) is 2.22. The maximum Gasteiger partial charge on any atom is 0.196 e. The van der Waals surface area contributed by atoms with Crippen molar-refractivity contribution in [3.63, 3.8) is 0 Å². The molecule has 1 heterocycles. The highest BCUT2D eigenvalue weighted by Gasteiger charge is 2.14. The van der Waals surface area contributed by atoms with Crippen LogP contribution in [0.15, 0.2) is 15.7 Å². The third-order valence-electron chi connectivity index (χ3n) is 1.07. The van der Waals surface area contributed by atoms with Gasteiger partial charge < -0.3 is 5.32 Å². The van der Waals surface area contributed by atoms with E-state index in [1.165, 1.54) is 0 Å². The van der Waals surface area contributed by atoms with Gasteiger partial charge in [0.1, 0.15) is 5.17 Å². The van der Waals surface area contributed by atoms with E-state index in [1.54, 1.807) is 6.92 Å². The van der Waals surface area contributed by atoms with Gasteiger partial charge in [-0.15, -0.1) is 0 Å². The Morgan fingerprint density at radius 1 is 1.50 bits per heavy atom. The van der Waals surface area contributed by atoms with Gasteiger partial charge >= 0.3 is 0 Å². The number of hydrogen-bond acceptors (Lipinski definition) is 2. The molecule has 10 heavy (non-hydrogen) atoms. The minimum atomic E-state index is -0.491. The third kappa shape index (κ3) is 1.57. The van der Waals surface area contributed by atoms with Crippen LogP contribution in [0.1, 0.15) is 6.92 Å². The first-order chi connectivity index (χ1) is 4.61. The maximum atomic E-state index is 5.68. The van der Waals surface area contributed by atoms with Crippen molar-refractivity contribution in [2.45, 2.75) is 12.5 Å². The summed E-state index contributed by atoms with van der Waals surface area (Å²) in [5.41, 5.74) is 0.261. The molecule has 0 saturated carbocycles. The number of aliphatic imine (C=N–C) groups is 1. The lowest BCUT2D eigenvalue weighted by Crippen LogP contribution is -2.26. The first-order valence-corrected chi connectivity index (χ1v) is 3.81. The second-order valence-corrected chi connectivity index (χ2v) is 2.99. The number of halogens is 3. The zero-order valence-electron chi connectivity index (χ0n) is 5.16. The topological polar surface area (TPSA) is 24.4 Å². The first-order valence-electron chi connectivity index (χ1n) is 2.62. The van der Waals surface area contributed by atoms with Crippen molar-refractivity contribution in [2.24, 2.45) is 4.99 Å². The number of nitrogens with zero attached hydrogens (tertiary/aromatic N) is 1. The van der Waals surface area contributed by atoms with Crippen LogP contribution < -0.4 is 5.32 Å². The van der Waals surface area contributed by atoms with E-state index < -0.39 is 5.62 Å². The lowest BCUT2D eigenvalue weighted by Gasteiger charge is -2.16. The van der Waals surface area contributed by atoms with Crippen LogP contribution in [-0.4, -0.2) is 10.8 Å². The third-order valence-corrected chi connectivity index (χ3v) is 2.13. The average molecular weight is 199 g/mol. The lowest BCUT2D eigenvalue weighted by molar-refractivity contribution is 0.753. The molecule has 0 aromatic heterocycles. The van der Waals surface area contributed by atoms with E-state index in [0.717, 1.165) is 5.70 Å². The minimum absolute atomic E-state index is 0.262. The van der Waals surface area contributed by atoms with Crippen molar-refractivity contribution in [3.8, 4) is 0 Å². The minimum Gasteiger partial charge on any atom is -0.354 e. The van der Waals surface area contributed by atoms with E-state index in [0.29, 0.717) is 5.03 Å². The van der Waals surface area contributed by atoms with Crippen LogP contribution in [0.3, 0.4) is 0 Å². The highest BCUT2D eigenvalue weighted by atomic mass is 35.5. The summed E-state index contributed by atoms with van der Waals surface area (Å²) < 4.78 is 0. The van der Waals surface area contributed by atoms with Gasteiger partial charge in [0.2, 0.25) is 0 Å². The molecule has 0 fully saturated rings. The highest BCUT2D eigenvalue weighted by molar-refractivity contribution is 6.76. The molecule has 1 N–H and O–H groups in total. The first kappa shape index (κ1) is 8.18. The molecule has 0 bridgehead atoms. The zero-order chi connectivity index (χ0) is 7.72. The molecule has 0 radical (unpaired) electrons. The average Bonchev–Trinajstić information content (AvgIpc) is 1.82. The Hall–Kier alpha value is 0.0800. The molecule has 1 atom stereocenters. The predicted molar refractivity (Wildman–Crippen MR) is 44.6 cm³/mol. The Kier molecular flexibility index (Phi) is 2.45. The molecule has 1 rings (SSSR count). The van der Waals surface area contributed by atoms with E-state index in [4.69, 9.17) is 34.8 Å². The van der Waals surface area contributed by atoms with Crippen LogP contribution in [-0.2, 0) is 0 Å². The molecular formula is C5H5Cl3N2. The van der Waals surface area contributed by atoms with Gasteiger partial charge in [-0.3, -0.25) is 0 Å². The Morgan fingerprint density at radius 2 is 2.10 bits per heavy atom. The van der Waals surface area contributed by atoms with Gasteiger partial charge in [0.05, 0.1) is 5.03 Å². The molecule has 1 aliphatic rings. The lowest BCUT2D eigenvalue weighted by atomic mass is 10.4. The number of allylic oxidation sites excluding steroid dienone is 2. The molecule has 0 spiro atoms. The molecule has 5 heteroatoms. The number of nitrogens with one attached hydrogen (secondary N) is 1. The van der Waals surface area contributed by atoms with E-state index >= 15 is 0 Å². The molecule has 1 unspecified atom stereocenters. The van der Waals surface area contributed by atoms with Crippen LogP contribution in [0.4, 0.5) is 0 Å². The fourth-order valence-electron chi connectivity index (χ4n) is 0.585. The summed E-state index contributed by atoms with van der Waals surface area (Å²) in [6.45, 7) is 1.79. The summed E-state index contributed by atoms with van der Waals surface area (Å²) in [4.78, 5) is 3.76. The molecule has 0 amide bonds. The Morgan fingerprint density at radius 3 is 2.60 bits per heavy atom. The molecule has 1 aliphatic heterocycles. The highest BCUT2D eigenvalue weighted by Crippen LogP contribution is 2.19. The maximum absolute atomic E-state index is 5.68. The van der Waals surface area contributed by atoms with Gasteiger partial charge in [-0.2, -0.15) is 0 Å². The van der Waals surface area contributed by atoms with E-state index in [2.05, 4.69) is 10.3 Å². The van der Waals surface area contributed by atoms with Crippen LogP contribution in [0.25, 0.3) is 0 Å². The SMILES string of the molecule is CC1=C(Cl)C(Cl)=NC(Cl)N1. The van der Waals surface area contributed by atoms with E-state index in [1.807, 2.05) is 0 Å². The number of rotatable bonds is 0. The smallest absolute Gasteiger partial charge is 0.196 e. The summed E-state index contributed by atoms with van der Waals surface area (Å²) in [5, 5.41) is 3.49.